The lowest BCUT2D eigenvalue weighted by molar-refractivity contribution is -0.119. The van der Waals surface area contributed by atoms with Gasteiger partial charge in [-0.2, -0.15) is 0 Å². The molecule has 0 spiro atoms. The molecule has 1 heterocycles. The van der Waals surface area contributed by atoms with Gasteiger partial charge in [-0.05, 0) is 42.5 Å². The minimum absolute atomic E-state index is 0.414. The molecule has 84 valence electrons. The van der Waals surface area contributed by atoms with Crippen molar-refractivity contribution in [3.05, 3.63) is 29.3 Å². The van der Waals surface area contributed by atoms with E-state index in [9.17, 15) is 4.79 Å². The zero-order valence-corrected chi connectivity index (χ0v) is 9.54. The van der Waals surface area contributed by atoms with Crippen molar-refractivity contribution >= 4 is 11.5 Å². The average molecular weight is 215 g/mol. The van der Waals surface area contributed by atoms with Crippen LogP contribution >= 0.6 is 0 Å². The highest BCUT2D eigenvalue weighted by Crippen LogP contribution is 2.27. The van der Waals surface area contributed by atoms with Crippen molar-refractivity contribution < 1.29 is 4.79 Å². The molecule has 0 atom stereocenters. The largest absolute Gasteiger partial charge is 0.371 e. The van der Waals surface area contributed by atoms with E-state index in [2.05, 4.69) is 23.1 Å². The summed E-state index contributed by atoms with van der Waals surface area (Å²) in [6.45, 7) is 1.80. The first-order chi connectivity index (χ1) is 7.83. The summed E-state index contributed by atoms with van der Waals surface area (Å²) >= 11 is 0. The lowest BCUT2D eigenvalue weighted by atomic mass is 10.1. The van der Waals surface area contributed by atoms with E-state index in [-0.39, 0.29) is 0 Å². The van der Waals surface area contributed by atoms with E-state index in [0.717, 1.165) is 25.9 Å². The molecule has 0 radical (unpaired) electrons. The maximum Gasteiger partial charge on any atom is 0.136 e. The summed E-state index contributed by atoms with van der Waals surface area (Å²) in [5.74, 6) is 0.414. The van der Waals surface area contributed by atoms with Gasteiger partial charge in [0, 0.05) is 31.6 Å². The molecule has 1 aromatic rings. The quantitative estimate of drug-likeness (QED) is 0.716. The lowest BCUT2D eigenvalue weighted by Crippen LogP contribution is -2.33. The number of ketones is 1. The highest BCUT2D eigenvalue weighted by atomic mass is 16.1. The Kier molecular flexibility index (Phi) is 2.43. The number of piperidine rings is 1. The molecule has 1 fully saturated rings. The summed E-state index contributed by atoms with van der Waals surface area (Å²) < 4.78 is 0. The summed E-state index contributed by atoms with van der Waals surface area (Å²) in [5, 5.41) is 0. The fourth-order valence-corrected chi connectivity index (χ4v) is 2.77. The van der Waals surface area contributed by atoms with Crippen molar-refractivity contribution in [1.82, 2.24) is 0 Å². The van der Waals surface area contributed by atoms with E-state index in [4.69, 9.17) is 0 Å². The highest BCUT2D eigenvalue weighted by Gasteiger charge is 2.18. The van der Waals surface area contributed by atoms with Crippen molar-refractivity contribution in [2.24, 2.45) is 0 Å². The number of anilines is 1. The Morgan fingerprint density at radius 1 is 0.938 bits per heavy atom. The number of benzene rings is 1. The third kappa shape index (κ3) is 1.73. The predicted molar refractivity (Wildman–Crippen MR) is 64.9 cm³/mol. The second kappa shape index (κ2) is 3.93. The molecule has 0 bridgehead atoms. The van der Waals surface area contributed by atoms with Crippen molar-refractivity contribution in [1.29, 1.82) is 0 Å². The monoisotopic (exact) mass is 215 g/mol. The van der Waals surface area contributed by atoms with Crippen LogP contribution in [0.15, 0.2) is 18.2 Å². The molecule has 1 aliphatic carbocycles. The average Bonchev–Trinajstić information content (AvgIpc) is 2.77. The van der Waals surface area contributed by atoms with Gasteiger partial charge >= 0.3 is 0 Å². The number of Topliss-reactive ketones (excluding diaryl/α,β-unsaturated/α-hetero) is 1. The van der Waals surface area contributed by atoms with Crippen molar-refractivity contribution in [3.63, 3.8) is 0 Å². The minimum Gasteiger partial charge on any atom is -0.371 e. The molecule has 0 N–H and O–H groups in total. The van der Waals surface area contributed by atoms with Crippen LogP contribution in [-0.2, 0) is 17.6 Å². The summed E-state index contributed by atoms with van der Waals surface area (Å²) in [4.78, 5) is 13.5. The molecule has 1 aromatic carbocycles. The van der Waals surface area contributed by atoms with Gasteiger partial charge in [-0.15, -0.1) is 0 Å². The van der Waals surface area contributed by atoms with Crippen LogP contribution in [0, 0.1) is 0 Å². The van der Waals surface area contributed by atoms with E-state index in [1.54, 1.807) is 0 Å². The first kappa shape index (κ1) is 9.88. The molecule has 1 saturated heterocycles. The van der Waals surface area contributed by atoms with E-state index in [1.165, 1.54) is 36.1 Å². The number of hydrogen-bond donors (Lipinski definition) is 0. The third-order valence-corrected chi connectivity index (χ3v) is 3.77. The van der Waals surface area contributed by atoms with Gasteiger partial charge in [-0.1, -0.05) is 6.07 Å². The van der Waals surface area contributed by atoms with Crippen LogP contribution in [0.5, 0.6) is 0 Å². The minimum atomic E-state index is 0.414. The molecule has 1 aliphatic heterocycles. The first-order valence-corrected chi connectivity index (χ1v) is 6.21. The van der Waals surface area contributed by atoms with Crippen LogP contribution in [0.1, 0.15) is 30.4 Å². The highest BCUT2D eigenvalue weighted by molar-refractivity contribution is 5.81. The van der Waals surface area contributed by atoms with Crippen LogP contribution in [0.3, 0.4) is 0 Å². The SMILES string of the molecule is O=C1CCN(c2ccc3c(c2)CCC3)CC1. The van der Waals surface area contributed by atoms with Gasteiger partial charge in [-0.25, -0.2) is 0 Å². The maximum atomic E-state index is 11.2. The fraction of sp³-hybridized carbons (Fsp3) is 0.500. The molecule has 2 aliphatic rings. The van der Waals surface area contributed by atoms with E-state index in [1.807, 2.05) is 0 Å². The smallest absolute Gasteiger partial charge is 0.136 e. The number of rotatable bonds is 1. The van der Waals surface area contributed by atoms with Gasteiger partial charge in [0.15, 0.2) is 0 Å². The Bertz CT molecular complexity index is 415. The van der Waals surface area contributed by atoms with Crippen molar-refractivity contribution in [2.75, 3.05) is 18.0 Å². The summed E-state index contributed by atoms with van der Waals surface area (Å²) in [6.07, 6.45) is 5.22. The topological polar surface area (TPSA) is 20.3 Å². The molecule has 2 heteroatoms. The Morgan fingerprint density at radius 2 is 1.69 bits per heavy atom. The summed E-state index contributed by atoms with van der Waals surface area (Å²) in [6, 6.07) is 6.83. The number of carbonyl (C=O) groups excluding carboxylic acids is 1. The maximum absolute atomic E-state index is 11.2. The van der Waals surface area contributed by atoms with Crippen molar-refractivity contribution in [2.45, 2.75) is 32.1 Å². The molecular weight excluding hydrogens is 198 g/mol. The third-order valence-electron chi connectivity index (χ3n) is 3.77. The van der Waals surface area contributed by atoms with Gasteiger partial charge in [0.25, 0.3) is 0 Å². The number of hydrogen-bond acceptors (Lipinski definition) is 2. The molecule has 0 aromatic heterocycles. The standard InChI is InChI=1S/C14H17NO/c16-14-6-8-15(9-7-14)13-5-4-11-2-1-3-12(11)10-13/h4-5,10H,1-3,6-9H2. The molecule has 16 heavy (non-hydrogen) atoms. The van der Waals surface area contributed by atoms with Gasteiger partial charge in [0.2, 0.25) is 0 Å². The summed E-state index contributed by atoms with van der Waals surface area (Å²) in [5.41, 5.74) is 4.36. The van der Waals surface area contributed by atoms with Crippen LogP contribution in [0.25, 0.3) is 0 Å². The second-order valence-corrected chi connectivity index (χ2v) is 4.83. The van der Waals surface area contributed by atoms with E-state index in [0.29, 0.717) is 5.78 Å². The van der Waals surface area contributed by atoms with Crippen LogP contribution in [0.4, 0.5) is 5.69 Å². The van der Waals surface area contributed by atoms with E-state index >= 15 is 0 Å². The van der Waals surface area contributed by atoms with Gasteiger partial charge in [0.1, 0.15) is 5.78 Å². The normalized spacial score (nSPS) is 20.0. The first-order valence-electron chi connectivity index (χ1n) is 6.21. The molecule has 0 saturated carbocycles. The molecular formula is C14H17NO. The van der Waals surface area contributed by atoms with Gasteiger partial charge < -0.3 is 4.90 Å². The number of nitrogens with zero attached hydrogens (tertiary/aromatic N) is 1. The number of fused-ring (bicyclic) bond motifs is 1. The zero-order valence-electron chi connectivity index (χ0n) is 9.54. The molecule has 2 nitrogen and oxygen atoms in total. The molecule has 0 amide bonds. The van der Waals surface area contributed by atoms with Crippen LogP contribution < -0.4 is 4.90 Å². The Hall–Kier alpha value is -1.31. The summed E-state index contributed by atoms with van der Waals surface area (Å²) in [7, 11) is 0. The van der Waals surface area contributed by atoms with Gasteiger partial charge in [0.05, 0.1) is 0 Å². The molecule has 0 unspecified atom stereocenters. The Labute approximate surface area is 96.3 Å². The number of carbonyl (C=O) groups is 1. The molecule has 3 rings (SSSR count). The van der Waals surface area contributed by atoms with Crippen molar-refractivity contribution in [3.8, 4) is 0 Å². The van der Waals surface area contributed by atoms with E-state index < -0.39 is 0 Å². The fourth-order valence-electron chi connectivity index (χ4n) is 2.77. The lowest BCUT2D eigenvalue weighted by Gasteiger charge is -2.28. The van der Waals surface area contributed by atoms with Crippen LogP contribution in [-0.4, -0.2) is 18.9 Å². The van der Waals surface area contributed by atoms with Crippen LogP contribution in [0.2, 0.25) is 0 Å². The second-order valence-electron chi connectivity index (χ2n) is 4.83. The van der Waals surface area contributed by atoms with Gasteiger partial charge in [-0.3, -0.25) is 4.79 Å². The zero-order chi connectivity index (χ0) is 11.0. The Balaban J connectivity index is 1.82. The predicted octanol–water partition coefficient (Wildman–Crippen LogP) is 2.34. The Morgan fingerprint density at radius 3 is 2.50 bits per heavy atom. The number of aryl methyl sites for hydroxylation is 2.